The zero-order chi connectivity index (χ0) is 22.3. The number of thiophene rings is 1. The number of nitrogens with zero attached hydrogens (tertiary/aromatic N) is 3. The Morgan fingerprint density at radius 1 is 1.16 bits per heavy atom. The van der Waals surface area contributed by atoms with E-state index in [1.807, 2.05) is 48.7 Å². The summed E-state index contributed by atoms with van der Waals surface area (Å²) in [6, 6.07) is 10.8. The van der Waals surface area contributed by atoms with E-state index in [9.17, 15) is 18.0 Å². The van der Waals surface area contributed by atoms with Crippen molar-refractivity contribution >= 4 is 38.7 Å². The minimum atomic E-state index is -3.15. The van der Waals surface area contributed by atoms with Crippen molar-refractivity contribution in [3.05, 3.63) is 52.2 Å². The minimum absolute atomic E-state index is 0.0388. The van der Waals surface area contributed by atoms with Crippen LogP contribution in [0.2, 0.25) is 0 Å². The summed E-state index contributed by atoms with van der Waals surface area (Å²) in [4.78, 5) is 29.6. The Hall–Kier alpha value is -2.23. The molecule has 2 fully saturated rings. The van der Waals surface area contributed by atoms with Crippen molar-refractivity contribution in [2.24, 2.45) is 5.92 Å². The molecule has 3 heterocycles. The first kappa shape index (κ1) is 22.0. The third kappa shape index (κ3) is 4.26. The summed E-state index contributed by atoms with van der Waals surface area (Å²) in [6.07, 6.45) is 0.511. The zero-order valence-corrected chi connectivity index (χ0v) is 19.5. The number of carbonyl (C=O) groups is 2. The molecule has 1 aromatic heterocycles. The summed E-state index contributed by atoms with van der Waals surface area (Å²) in [6.45, 7) is 1.99. The van der Waals surface area contributed by atoms with E-state index in [1.165, 1.54) is 11.3 Å². The SMILES string of the molecule is Cc1ccc(N2C(=O)C[C@H](C(=O)N([C@H]3CCS(=O)(=O)C3)N(C)C)[C@@H]2c2cccs2)cc1. The van der Waals surface area contributed by atoms with Gasteiger partial charge in [0.05, 0.1) is 29.5 Å². The second-order valence-corrected chi connectivity index (χ2v) is 11.7. The van der Waals surface area contributed by atoms with Gasteiger partial charge in [0.1, 0.15) is 0 Å². The molecule has 4 rings (SSSR count). The maximum atomic E-state index is 13.8. The number of hydrazine groups is 1. The van der Waals surface area contributed by atoms with Crippen LogP contribution in [0.5, 0.6) is 0 Å². The molecule has 0 N–H and O–H groups in total. The van der Waals surface area contributed by atoms with Gasteiger partial charge < -0.3 is 4.90 Å². The molecule has 2 saturated heterocycles. The number of carbonyl (C=O) groups excluding carboxylic acids is 2. The molecule has 0 saturated carbocycles. The van der Waals surface area contributed by atoms with E-state index in [2.05, 4.69) is 0 Å². The summed E-state index contributed by atoms with van der Waals surface area (Å²) in [5.41, 5.74) is 1.86. The van der Waals surface area contributed by atoms with Gasteiger partial charge in [-0.15, -0.1) is 11.3 Å². The molecule has 2 aromatic rings. The normalized spacial score (nSPS) is 25.4. The van der Waals surface area contributed by atoms with E-state index >= 15 is 0 Å². The maximum Gasteiger partial charge on any atom is 0.243 e. The van der Waals surface area contributed by atoms with E-state index in [0.29, 0.717) is 6.42 Å². The lowest BCUT2D eigenvalue weighted by Gasteiger charge is -2.37. The fourth-order valence-corrected chi connectivity index (χ4v) is 7.16. The van der Waals surface area contributed by atoms with Gasteiger partial charge in [-0.1, -0.05) is 23.8 Å². The van der Waals surface area contributed by atoms with Crippen molar-refractivity contribution in [3.63, 3.8) is 0 Å². The Kier molecular flexibility index (Phi) is 5.93. The smallest absolute Gasteiger partial charge is 0.243 e. The average Bonchev–Trinajstić information content (AvgIpc) is 3.41. The van der Waals surface area contributed by atoms with Crippen LogP contribution >= 0.6 is 11.3 Å². The van der Waals surface area contributed by atoms with Gasteiger partial charge in [0.25, 0.3) is 0 Å². The maximum absolute atomic E-state index is 13.8. The highest BCUT2D eigenvalue weighted by Gasteiger charge is 2.49. The van der Waals surface area contributed by atoms with Gasteiger partial charge in [-0.05, 0) is 36.9 Å². The van der Waals surface area contributed by atoms with E-state index in [0.717, 1.165) is 16.1 Å². The molecule has 0 radical (unpaired) electrons. The summed E-state index contributed by atoms with van der Waals surface area (Å²) in [5.74, 6) is -0.837. The summed E-state index contributed by atoms with van der Waals surface area (Å²) in [5, 5.41) is 5.17. The second kappa shape index (κ2) is 8.37. The van der Waals surface area contributed by atoms with Gasteiger partial charge in [0, 0.05) is 31.1 Å². The van der Waals surface area contributed by atoms with Crippen molar-refractivity contribution in [2.75, 3.05) is 30.5 Å². The molecule has 2 aliphatic heterocycles. The minimum Gasteiger partial charge on any atom is -0.303 e. The number of rotatable bonds is 5. The number of hydrogen-bond acceptors (Lipinski definition) is 6. The van der Waals surface area contributed by atoms with Crippen LogP contribution in [0.3, 0.4) is 0 Å². The lowest BCUT2D eigenvalue weighted by molar-refractivity contribution is -0.154. The van der Waals surface area contributed by atoms with Crippen molar-refractivity contribution in [1.29, 1.82) is 0 Å². The molecule has 3 atom stereocenters. The molecule has 9 heteroatoms. The number of benzene rings is 1. The Morgan fingerprint density at radius 3 is 2.42 bits per heavy atom. The van der Waals surface area contributed by atoms with Crippen molar-refractivity contribution < 1.29 is 18.0 Å². The number of amides is 2. The van der Waals surface area contributed by atoms with Gasteiger partial charge >= 0.3 is 0 Å². The molecule has 1 aromatic carbocycles. The van der Waals surface area contributed by atoms with E-state index in [1.54, 1.807) is 29.0 Å². The number of aryl methyl sites for hydroxylation is 1. The molecule has 2 aliphatic rings. The fourth-order valence-electron chi connectivity index (χ4n) is 4.59. The van der Waals surface area contributed by atoms with E-state index < -0.39 is 27.8 Å². The van der Waals surface area contributed by atoms with Crippen molar-refractivity contribution in [3.8, 4) is 0 Å². The predicted octanol–water partition coefficient (Wildman–Crippen LogP) is 2.64. The summed E-state index contributed by atoms with van der Waals surface area (Å²) >= 11 is 1.52. The quantitative estimate of drug-likeness (QED) is 0.640. The van der Waals surface area contributed by atoms with Crippen LogP contribution in [0.25, 0.3) is 0 Å². The van der Waals surface area contributed by atoms with E-state index in [4.69, 9.17) is 0 Å². The number of hydrogen-bond donors (Lipinski definition) is 0. The molecule has 0 unspecified atom stereocenters. The molecular weight excluding hydrogens is 434 g/mol. The van der Waals surface area contributed by atoms with Crippen LogP contribution in [0.1, 0.15) is 29.3 Å². The second-order valence-electron chi connectivity index (χ2n) is 8.46. The molecule has 166 valence electrons. The van der Waals surface area contributed by atoms with Crippen LogP contribution in [0.15, 0.2) is 41.8 Å². The number of sulfone groups is 1. The molecule has 7 nitrogen and oxygen atoms in total. The van der Waals surface area contributed by atoms with Gasteiger partial charge in [-0.3, -0.25) is 14.6 Å². The first-order chi connectivity index (χ1) is 14.7. The molecule has 0 aliphatic carbocycles. The lowest BCUT2D eigenvalue weighted by atomic mass is 9.96. The van der Waals surface area contributed by atoms with Crippen molar-refractivity contribution in [2.45, 2.75) is 31.8 Å². The third-order valence-corrected chi connectivity index (χ3v) is 8.69. The Morgan fingerprint density at radius 2 is 1.87 bits per heavy atom. The van der Waals surface area contributed by atoms with Gasteiger partial charge in [-0.2, -0.15) is 0 Å². The highest BCUT2D eigenvalue weighted by molar-refractivity contribution is 7.91. The summed E-state index contributed by atoms with van der Waals surface area (Å²) in [7, 11) is 0.343. The fraction of sp³-hybridized carbons (Fsp3) is 0.455. The molecule has 2 amide bonds. The standard InChI is InChI=1S/C22H27N3O4S2/c1-15-6-8-16(9-7-15)24-20(26)13-18(21(24)19-5-4-11-30-19)22(27)25(23(2)3)17-10-12-31(28,29)14-17/h4-9,11,17-18,21H,10,12-14H2,1-3H3/t17-,18-,21+/m0/s1. The van der Waals surface area contributed by atoms with Crippen LogP contribution in [-0.2, 0) is 19.4 Å². The topological polar surface area (TPSA) is 78.0 Å². The highest BCUT2D eigenvalue weighted by atomic mass is 32.2. The average molecular weight is 462 g/mol. The van der Waals surface area contributed by atoms with Gasteiger partial charge in [-0.25, -0.2) is 13.4 Å². The molecular formula is C22H27N3O4S2. The van der Waals surface area contributed by atoms with E-state index in [-0.39, 0.29) is 29.7 Å². The lowest BCUT2D eigenvalue weighted by Crippen LogP contribution is -2.52. The van der Waals surface area contributed by atoms with Crippen molar-refractivity contribution in [1.82, 2.24) is 10.0 Å². The Bertz CT molecular complexity index is 1060. The van der Waals surface area contributed by atoms with Gasteiger partial charge in [0.2, 0.25) is 11.8 Å². The molecule has 0 bridgehead atoms. The van der Waals surface area contributed by atoms with Gasteiger partial charge in [0.15, 0.2) is 9.84 Å². The predicted molar refractivity (Wildman–Crippen MR) is 121 cm³/mol. The van der Waals surface area contributed by atoms with Crippen LogP contribution < -0.4 is 4.90 Å². The monoisotopic (exact) mass is 461 g/mol. The van der Waals surface area contributed by atoms with Crippen LogP contribution in [0.4, 0.5) is 5.69 Å². The zero-order valence-electron chi connectivity index (χ0n) is 17.9. The first-order valence-corrected chi connectivity index (χ1v) is 13.0. The molecule has 31 heavy (non-hydrogen) atoms. The number of anilines is 1. The van der Waals surface area contributed by atoms with Crippen LogP contribution in [0, 0.1) is 12.8 Å². The molecule has 0 spiro atoms. The first-order valence-electron chi connectivity index (χ1n) is 10.3. The van der Waals surface area contributed by atoms with Crippen LogP contribution in [-0.4, -0.2) is 61.9 Å². The largest absolute Gasteiger partial charge is 0.303 e. The third-order valence-electron chi connectivity index (χ3n) is 6.00. The Balaban J connectivity index is 1.71. The summed E-state index contributed by atoms with van der Waals surface area (Å²) < 4.78 is 24.1. The highest BCUT2D eigenvalue weighted by Crippen LogP contribution is 2.44. The Labute approximate surface area is 187 Å².